The minimum Gasteiger partial charge on any atom is -0.357 e. The highest BCUT2D eigenvalue weighted by Crippen LogP contribution is 2.39. The van der Waals surface area contributed by atoms with Crippen LogP contribution >= 0.6 is 0 Å². The third kappa shape index (κ3) is 4.35. The van der Waals surface area contributed by atoms with Crippen LogP contribution in [0.5, 0.6) is 0 Å². The van der Waals surface area contributed by atoms with Crippen molar-refractivity contribution in [3.05, 3.63) is 47.5 Å². The number of nitrogens with zero attached hydrogens (tertiary/aromatic N) is 5. The molecule has 2 fully saturated rings. The van der Waals surface area contributed by atoms with Crippen LogP contribution < -0.4 is 9.80 Å². The molecule has 0 N–H and O–H groups in total. The van der Waals surface area contributed by atoms with Gasteiger partial charge in [0.2, 0.25) is 11.7 Å². The van der Waals surface area contributed by atoms with Crippen molar-refractivity contribution in [1.29, 1.82) is 0 Å². The van der Waals surface area contributed by atoms with E-state index in [9.17, 15) is 18.0 Å². The van der Waals surface area contributed by atoms with E-state index in [0.717, 1.165) is 18.6 Å². The number of hydrogen-bond donors (Lipinski definition) is 0. The lowest BCUT2D eigenvalue weighted by Crippen LogP contribution is -2.30. The van der Waals surface area contributed by atoms with Crippen molar-refractivity contribution in [2.24, 2.45) is 5.92 Å². The van der Waals surface area contributed by atoms with Crippen LogP contribution in [0.4, 0.5) is 29.2 Å². The number of carbonyl (C=O) groups excluding carboxylic acids is 1. The Labute approximate surface area is 183 Å². The molecule has 2 aliphatic rings. The molecule has 10 heteroatoms. The highest BCUT2D eigenvalue weighted by Gasteiger charge is 2.34. The third-order valence-corrected chi connectivity index (χ3v) is 6.22. The Hall–Kier alpha value is -2.91. The summed E-state index contributed by atoms with van der Waals surface area (Å²) in [5, 5.41) is 0. The molecule has 2 atom stereocenters. The first kappa shape index (κ1) is 22.3. The second-order valence-corrected chi connectivity index (χ2v) is 8.53. The van der Waals surface area contributed by atoms with Crippen molar-refractivity contribution in [2.45, 2.75) is 31.5 Å². The van der Waals surface area contributed by atoms with E-state index in [0.29, 0.717) is 38.0 Å². The van der Waals surface area contributed by atoms with Crippen molar-refractivity contribution in [3.63, 3.8) is 0 Å². The van der Waals surface area contributed by atoms with Crippen LogP contribution in [0.1, 0.15) is 36.4 Å². The average molecular weight is 451 g/mol. The van der Waals surface area contributed by atoms with E-state index in [1.54, 1.807) is 28.8 Å². The first-order valence-corrected chi connectivity index (χ1v) is 10.5. The third-order valence-electron chi connectivity index (χ3n) is 6.22. The predicted molar refractivity (Wildman–Crippen MR) is 112 cm³/mol. The van der Waals surface area contributed by atoms with Gasteiger partial charge in [0.15, 0.2) is 11.6 Å². The highest BCUT2D eigenvalue weighted by atomic mass is 19.4. The van der Waals surface area contributed by atoms with Crippen LogP contribution in [0.15, 0.2) is 30.6 Å². The smallest absolute Gasteiger partial charge is 0.357 e. The molecular formula is C22H25F4N5O. The summed E-state index contributed by atoms with van der Waals surface area (Å²) in [7, 11) is 3.48. The van der Waals surface area contributed by atoms with E-state index in [2.05, 4.69) is 9.97 Å². The molecule has 4 rings (SSSR count). The molecule has 2 saturated heterocycles. The SMILES string of the molecule is CN1CC(CN(C)c2ncnc(N3CCCC3c3ccc(C(F)(F)F)cc3)c2F)CC1=O. The molecule has 1 aromatic heterocycles. The minimum atomic E-state index is -4.40. The number of carbonyl (C=O) groups is 1. The van der Waals surface area contributed by atoms with Gasteiger partial charge in [-0.05, 0) is 30.5 Å². The summed E-state index contributed by atoms with van der Waals surface area (Å²) in [6.45, 7) is 1.64. The van der Waals surface area contributed by atoms with E-state index in [4.69, 9.17) is 0 Å². The van der Waals surface area contributed by atoms with Gasteiger partial charge < -0.3 is 14.7 Å². The number of rotatable bonds is 5. The van der Waals surface area contributed by atoms with Crippen LogP contribution in [0, 0.1) is 11.7 Å². The molecule has 172 valence electrons. The Kier molecular flexibility index (Phi) is 5.96. The standard InChI is InChI=1S/C22H25F4N5O/c1-29-11-14(10-18(29)32)12-30(2)20-19(23)21(28-13-27-20)31-9-3-4-17(31)15-5-7-16(8-6-15)22(24,25)26/h5-8,13-14,17H,3-4,9-12H2,1-2H3. The summed E-state index contributed by atoms with van der Waals surface area (Å²) in [4.78, 5) is 25.2. The second kappa shape index (κ2) is 8.55. The zero-order valence-corrected chi connectivity index (χ0v) is 17.9. The van der Waals surface area contributed by atoms with E-state index in [1.807, 2.05) is 0 Å². The van der Waals surface area contributed by atoms with Gasteiger partial charge in [0, 0.05) is 46.1 Å². The van der Waals surface area contributed by atoms with E-state index in [1.165, 1.54) is 18.5 Å². The number of benzene rings is 1. The lowest BCUT2D eigenvalue weighted by atomic mass is 10.0. The van der Waals surface area contributed by atoms with Crippen LogP contribution in [0.3, 0.4) is 0 Å². The first-order chi connectivity index (χ1) is 15.1. The van der Waals surface area contributed by atoms with Crippen molar-refractivity contribution in [2.75, 3.05) is 43.5 Å². The molecule has 0 bridgehead atoms. The Bertz CT molecular complexity index is 981. The van der Waals surface area contributed by atoms with Gasteiger partial charge in [-0.15, -0.1) is 0 Å². The minimum absolute atomic E-state index is 0.0729. The average Bonchev–Trinajstić information content (AvgIpc) is 3.34. The lowest BCUT2D eigenvalue weighted by molar-refractivity contribution is -0.137. The van der Waals surface area contributed by atoms with E-state index in [-0.39, 0.29) is 29.5 Å². The monoisotopic (exact) mass is 451 g/mol. The largest absolute Gasteiger partial charge is 0.416 e. The topological polar surface area (TPSA) is 52.6 Å². The number of amides is 1. The molecule has 1 amide bonds. The van der Waals surface area contributed by atoms with Gasteiger partial charge >= 0.3 is 6.18 Å². The van der Waals surface area contributed by atoms with Gasteiger partial charge in [-0.25, -0.2) is 9.97 Å². The summed E-state index contributed by atoms with van der Waals surface area (Å²) in [5.74, 6) is -0.115. The fourth-order valence-electron chi connectivity index (χ4n) is 4.63. The molecule has 0 radical (unpaired) electrons. The zero-order valence-electron chi connectivity index (χ0n) is 17.9. The Morgan fingerprint density at radius 1 is 1.19 bits per heavy atom. The fraction of sp³-hybridized carbons (Fsp3) is 0.500. The molecule has 2 aliphatic heterocycles. The molecule has 2 unspecified atom stereocenters. The van der Waals surface area contributed by atoms with Crippen LogP contribution in [0.25, 0.3) is 0 Å². The maximum absolute atomic E-state index is 15.5. The van der Waals surface area contributed by atoms with Crippen molar-refractivity contribution >= 4 is 17.5 Å². The van der Waals surface area contributed by atoms with Gasteiger partial charge in [0.25, 0.3) is 0 Å². The summed E-state index contributed by atoms with van der Waals surface area (Å²) in [5.41, 5.74) is -0.0186. The summed E-state index contributed by atoms with van der Waals surface area (Å²) < 4.78 is 54.2. The molecule has 0 aliphatic carbocycles. The Balaban J connectivity index is 1.55. The summed E-state index contributed by atoms with van der Waals surface area (Å²) in [6, 6.07) is 4.75. The number of alkyl halides is 3. The number of aromatic nitrogens is 2. The lowest BCUT2D eigenvalue weighted by Gasteiger charge is -2.28. The van der Waals surface area contributed by atoms with Crippen molar-refractivity contribution in [1.82, 2.24) is 14.9 Å². The van der Waals surface area contributed by atoms with E-state index < -0.39 is 17.6 Å². The molecule has 3 heterocycles. The van der Waals surface area contributed by atoms with Gasteiger partial charge in [0.1, 0.15) is 6.33 Å². The van der Waals surface area contributed by atoms with Gasteiger partial charge in [0.05, 0.1) is 11.6 Å². The maximum Gasteiger partial charge on any atom is 0.416 e. The molecule has 0 saturated carbocycles. The molecular weight excluding hydrogens is 426 g/mol. The first-order valence-electron chi connectivity index (χ1n) is 10.5. The molecule has 0 spiro atoms. The van der Waals surface area contributed by atoms with Crippen molar-refractivity contribution < 1.29 is 22.4 Å². The van der Waals surface area contributed by atoms with Gasteiger partial charge in [-0.2, -0.15) is 17.6 Å². The molecule has 1 aromatic carbocycles. The Morgan fingerprint density at radius 3 is 2.53 bits per heavy atom. The predicted octanol–water partition coefficient (Wildman–Crippen LogP) is 3.89. The zero-order chi connectivity index (χ0) is 23.0. The normalized spacial score (nSPS) is 21.5. The van der Waals surface area contributed by atoms with E-state index >= 15 is 4.39 Å². The molecule has 2 aromatic rings. The number of halogens is 4. The second-order valence-electron chi connectivity index (χ2n) is 8.53. The molecule has 6 nitrogen and oxygen atoms in total. The summed E-state index contributed by atoms with van der Waals surface area (Å²) in [6.07, 6.45) is -1.21. The van der Waals surface area contributed by atoms with Gasteiger partial charge in [-0.1, -0.05) is 12.1 Å². The van der Waals surface area contributed by atoms with Crippen LogP contribution in [-0.2, 0) is 11.0 Å². The van der Waals surface area contributed by atoms with Crippen molar-refractivity contribution in [3.8, 4) is 0 Å². The quantitative estimate of drug-likeness (QED) is 0.646. The number of hydrogen-bond acceptors (Lipinski definition) is 5. The Morgan fingerprint density at radius 2 is 1.91 bits per heavy atom. The fourth-order valence-corrected chi connectivity index (χ4v) is 4.63. The highest BCUT2D eigenvalue weighted by molar-refractivity contribution is 5.78. The van der Waals surface area contributed by atoms with Gasteiger partial charge in [-0.3, -0.25) is 4.79 Å². The summed E-state index contributed by atoms with van der Waals surface area (Å²) >= 11 is 0. The number of anilines is 2. The number of likely N-dealkylation sites (tertiary alicyclic amines) is 1. The maximum atomic E-state index is 15.5. The van der Waals surface area contributed by atoms with Crippen LogP contribution in [-0.4, -0.2) is 54.5 Å². The molecule has 32 heavy (non-hydrogen) atoms. The van der Waals surface area contributed by atoms with Crippen LogP contribution in [0.2, 0.25) is 0 Å².